The van der Waals surface area contributed by atoms with Gasteiger partial charge in [0, 0.05) is 42.5 Å². The zero-order chi connectivity index (χ0) is 19.5. The number of anilines is 1. The average molecular weight is 379 g/mol. The van der Waals surface area contributed by atoms with Gasteiger partial charge in [0.15, 0.2) is 0 Å². The number of aromatic nitrogens is 3. The third kappa shape index (κ3) is 3.62. The third-order valence-corrected chi connectivity index (χ3v) is 4.71. The van der Waals surface area contributed by atoms with Crippen LogP contribution in [0.1, 0.15) is 6.04 Å². The van der Waals surface area contributed by atoms with Gasteiger partial charge in [-0.15, -0.1) is 5.10 Å². The maximum Gasteiger partial charge on any atom is 0.321 e. The molecule has 0 unspecified atom stereocenters. The monoisotopic (exact) mass is 379 g/mol. The van der Waals surface area contributed by atoms with E-state index in [0.29, 0.717) is 30.3 Å². The number of methoxy groups -OCH3 is 2. The molecule has 8 heteroatoms. The van der Waals surface area contributed by atoms with E-state index in [-0.39, 0.29) is 12.1 Å². The lowest BCUT2D eigenvalue weighted by molar-refractivity contribution is 0.127. The second-order valence-corrected chi connectivity index (χ2v) is 6.54. The minimum absolute atomic E-state index is 0.121. The molecular formula is C20H21N5O3. The molecule has 1 aliphatic heterocycles. The number of nitrogens with one attached hydrogen (secondary N) is 1. The fourth-order valence-corrected chi connectivity index (χ4v) is 3.07. The van der Waals surface area contributed by atoms with E-state index < -0.39 is 0 Å². The first-order valence-electron chi connectivity index (χ1n) is 8.92. The zero-order valence-electron chi connectivity index (χ0n) is 15.7. The van der Waals surface area contributed by atoms with Gasteiger partial charge in [-0.2, -0.15) is 0 Å². The van der Waals surface area contributed by atoms with Gasteiger partial charge in [0.1, 0.15) is 17.2 Å². The highest BCUT2D eigenvalue weighted by Gasteiger charge is 2.33. The molecule has 3 aromatic rings. The van der Waals surface area contributed by atoms with E-state index in [9.17, 15) is 4.79 Å². The Bertz CT molecular complexity index is 945. The molecule has 1 saturated heterocycles. The lowest BCUT2D eigenvalue weighted by Gasteiger charge is -2.38. The van der Waals surface area contributed by atoms with Crippen LogP contribution in [0.2, 0.25) is 0 Å². The molecule has 0 radical (unpaired) electrons. The molecule has 2 heterocycles. The Morgan fingerprint density at radius 3 is 2.39 bits per heavy atom. The molecule has 2 aromatic carbocycles. The van der Waals surface area contributed by atoms with Gasteiger partial charge in [-0.3, -0.25) is 0 Å². The second-order valence-electron chi connectivity index (χ2n) is 6.54. The first kappa shape index (κ1) is 17.8. The fourth-order valence-electron chi connectivity index (χ4n) is 3.07. The van der Waals surface area contributed by atoms with Crippen LogP contribution < -0.4 is 14.8 Å². The molecule has 2 amide bonds. The Labute approximate surface area is 162 Å². The predicted octanol–water partition coefficient (Wildman–Crippen LogP) is 3.05. The van der Waals surface area contributed by atoms with Crippen LogP contribution in [-0.2, 0) is 0 Å². The lowest BCUT2D eigenvalue weighted by atomic mass is 10.1. The van der Waals surface area contributed by atoms with Crippen LogP contribution in [-0.4, -0.2) is 53.2 Å². The van der Waals surface area contributed by atoms with Gasteiger partial charge in [-0.05, 0) is 0 Å². The molecule has 1 aromatic heterocycles. The summed E-state index contributed by atoms with van der Waals surface area (Å²) in [4.78, 5) is 14.2. The van der Waals surface area contributed by atoms with Crippen molar-refractivity contribution < 1.29 is 14.3 Å². The summed E-state index contributed by atoms with van der Waals surface area (Å²) < 4.78 is 12.3. The van der Waals surface area contributed by atoms with Gasteiger partial charge < -0.3 is 19.7 Å². The summed E-state index contributed by atoms with van der Waals surface area (Å²) in [7, 11) is 3.14. The van der Waals surface area contributed by atoms with Gasteiger partial charge in [0.2, 0.25) is 0 Å². The van der Waals surface area contributed by atoms with E-state index in [1.54, 1.807) is 37.3 Å². The van der Waals surface area contributed by atoms with Crippen molar-refractivity contribution in [1.29, 1.82) is 0 Å². The van der Waals surface area contributed by atoms with Crippen LogP contribution in [0, 0.1) is 0 Å². The summed E-state index contributed by atoms with van der Waals surface area (Å²) in [6.45, 7) is 1.15. The van der Waals surface area contributed by atoms with Crippen molar-refractivity contribution in [3.63, 3.8) is 0 Å². The summed E-state index contributed by atoms with van der Waals surface area (Å²) in [5.41, 5.74) is 2.47. The number of hydrogen-bond acceptors (Lipinski definition) is 5. The molecule has 1 fully saturated rings. The highest BCUT2D eigenvalue weighted by Crippen LogP contribution is 2.28. The first-order chi connectivity index (χ1) is 13.7. The number of rotatable bonds is 5. The Hall–Kier alpha value is -3.55. The van der Waals surface area contributed by atoms with Crippen molar-refractivity contribution in [3.05, 3.63) is 54.7 Å². The van der Waals surface area contributed by atoms with Crippen LogP contribution in [0.25, 0.3) is 11.3 Å². The van der Waals surface area contributed by atoms with Crippen LogP contribution in [0.15, 0.2) is 54.7 Å². The van der Waals surface area contributed by atoms with E-state index >= 15 is 0 Å². The molecule has 0 saturated carbocycles. The minimum Gasteiger partial charge on any atom is -0.497 e. The number of likely N-dealkylation sites (tertiary alicyclic amines) is 1. The van der Waals surface area contributed by atoms with E-state index in [2.05, 4.69) is 15.6 Å². The fraction of sp³-hybridized carbons (Fsp3) is 0.250. The Balaban J connectivity index is 1.36. The van der Waals surface area contributed by atoms with E-state index in [4.69, 9.17) is 9.47 Å². The van der Waals surface area contributed by atoms with Gasteiger partial charge >= 0.3 is 6.03 Å². The summed E-state index contributed by atoms with van der Waals surface area (Å²) in [6.07, 6.45) is 1.92. The van der Waals surface area contributed by atoms with Crippen LogP contribution in [0.5, 0.6) is 11.5 Å². The quantitative estimate of drug-likeness (QED) is 0.737. The van der Waals surface area contributed by atoms with Crippen molar-refractivity contribution >= 4 is 11.7 Å². The van der Waals surface area contributed by atoms with Crippen molar-refractivity contribution in [3.8, 4) is 22.8 Å². The summed E-state index contributed by atoms with van der Waals surface area (Å²) in [5.74, 6) is 1.24. The third-order valence-electron chi connectivity index (χ3n) is 4.71. The number of hydrogen-bond donors (Lipinski definition) is 1. The number of nitrogens with zero attached hydrogens (tertiary/aromatic N) is 4. The maximum absolute atomic E-state index is 12.5. The van der Waals surface area contributed by atoms with Crippen LogP contribution in [0.4, 0.5) is 10.5 Å². The molecule has 144 valence electrons. The van der Waals surface area contributed by atoms with E-state index in [0.717, 1.165) is 11.3 Å². The maximum atomic E-state index is 12.5. The van der Waals surface area contributed by atoms with Gasteiger partial charge in [0.05, 0.1) is 26.5 Å². The zero-order valence-corrected chi connectivity index (χ0v) is 15.7. The van der Waals surface area contributed by atoms with Crippen molar-refractivity contribution in [2.45, 2.75) is 6.04 Å². The number of urea groups is 1. The lowest BCUT2D eigenvalue weighted by Crippen LogP contribution is -2.52. The van der Waals surface area contributed by atoms with Crippen molar-refractivity contribution in [2.75, 3.05) is 32.6 Å². The Morgan fingerprint density at radius 1 is 1.07 bits per heavy atom. The van der Waals surface area contributed by atoms with Crippen molar-refractivity contribution in [1.82, 2.24) is 19.9 Å². The predicted molar refractivity (Wildman–Crippen MR) is 105 cm³/mol. The summed E-state index contributed by atoms with van der Waals surface area (Å²) in [6, 6.07) is 15.1. The van der Waals surface area contributed by atoms with Crippen LogP contribution >= 0.6 is 0 Å². The number of carbonyl (C=O) groups is 1. The van der Waals surface area contributed by atoms with E-state index in [1.165, 1.54) is 0 Å². The average Bonchev–Trinajstić information content (AvgIpc) is 3.16. The smallest absolute Gasteiger partial charge is 0.321 e. The van der Waals surface area contributed by atoms with E-state index in [1.807, 2.05) is 41.2 Å². The first-order valence-corrected chi connectivity index (χ1v) is 8.92. The molecule has 4 rings (SSSR count). The SMILES string of the molecule is COc1cc(NC(=O)N2CC(n3cc(-c4ccccc4)nn3)C2)cc(OC)c1. The number of amides is 2. The molecule has 0 atom stereocenters. The number of ether oxygens (including phenoxy) is 2. The number of carbonyl (C=O) groups excluding carboxylic acids is 1. The molecule has 0 aliphatic carbocycles. The summed E-state index contributed by atoms with van der Waals surface area (Å²) >= 11 is 0. The highest BCUT2D eigenvalue weighted by molar-refractivity contribution is 5.90. The van der Waals surface area contributed by atoms with Crippen LogP contribution in [0.3, 0.4) is 0 Å². The van der Waals surface area contributed by atoms with Gasteiger partial charge in [0.25, 0.3) is 0 Å². The summed E-state index contributed by atoms with van der Waals surface area (Å²) in [5, 5.41) is 11.3. The van der Waals surface area contributed by atoms with Crippen molar-refractivity contribution in [2.24, 2.45) is 0 Å². The molecule has 1 N–H and O–H groups in total. The number of benzene rings is 2. The molecule has 8 nitrogen and oxygen atoms in total. The molecule has 1 aliphatic rings. The normalized spacial score (nSPS) is 13.7. The van der Waals surface area contributed by atoms with Gasteiger partial charge in [-0.1, -0.05) is 35.5 Å². The minimum atomic E-state index is -0.171. The molecule has 28 heavy (non-hydrogen) atoms. The second kappa shape index (κ2) is 7.59. The Kier molecular flexibility index (Phi) is 4.84. The highest BCUT2D eigenvalue weighted by atomic mass is 16.5. The Morgan fingerprint density at radius 2 is 1.75 bits per heavy atom. The largest absolute Gasteiger partial charge is 0.497 e. The molecule has 0 spiro atoms. The molecular weight excluding hydrogens is 358 g/mol. The van der Waals surface area contributed by atoms with Gasteiger partial charge in [-0.25, -0.2) is 9.48 Å². The molecule has 0 bridgehead atoms. The topological polar surface area (TPSA) is 81.5 Å². The standard InChI is InChI=1S/C20H21N5O3/c1-27-17-8-15(9-18(10-17)28-2)21-20(26)24-11-16(12-24)25-13-19(22-23-25)14-6-4-3-5-7-14/h3-10,13,16H,11-12H2,1-2H3,(H,21,26).